The molecule has 0 aliphatic heterocycles. The maximum absolute atomic E-state index is 5.10. The van der Waals surface area contributed by atoms with Crippen LogP contribution in [-0.2, 0) is 11.8 Å². The molecule has 47 heavy (non-hydrogen) atoms. The molecule has 2 heteroatoms. The van der Waals surface area contributed by atoms with E-state index >= 15 is 0 Å². The molecule has 1 aromatic heterocycles. The fourth-order valence-corrected chi connectivity index (χ4v) is 7.77. The first kappa shape index (κ1) is 30.8. The van der Waals surface area contributed by atoms with Crippen molar-refractivity contribution >= 4 is 16.7 Å². The largest absolute Gasteiger partial charge is 0.228 e. The maximum atomic E-state index is 5.10. The van der Waals surface area contributed by atoms with E-state index in [0.717, 1.165) is 59.6 Å². The molecule has 1 heterocycles. The van der Waals surface area contributed by atoms with Crippen molar-refractivity contribution in [1.82, 2.24) is 9.97 Å². The number of aromatic nitrogens is 2. The summed E-state index contributed by atoms with van der Waals surface area (Å²) in [6.45, 7) is 5.98. The molecule has 3 aromatic carbocycles. The summed E-state index contributed by atoms with van der Waals surface area (Å²) in [4.78, 5) is 10.2. The lowest BCUT2D eigenvalue weighted by molar-refractivity contribution is 0.346. The van der Waals surface area contributed by atoms with Crippen molar-refractivity contribution < 1.29 is 0 Å². The van der Waals surface area contributed by atoms with Crippen molar-refractivity contribution in [1.29, 1.82) is 0 Å². The van der Waals surface area contributed by atoms with Crippen LogP contribution in [0, 0.1) is 0 Å². The third-order valence-corrected chi connectivity index (χ3v) is 10.2. The van der Waals surface area contributed by atoms with Gasteiger partial charge in [-0.1, -0.05) is 147 Å². The summed E-state index contributed by atoms with van der Waals surface area (Å²) in [6, 6.07) is 29.7. The van der Waals surface area contributed by atoms with Crippen LogP contribution in [0.5, 0.6) is 0 Å². The first-order valence-corrected chi connectivity index (χ1v) is 17.4. The number of hydrogen-bond donors (Lipinski definition) is 0. The maximum Gasteiger partial charge on any atom is 0.160 e. The van der Waals surface area contributed by atoms with E-state index in [4.69, 9.17) is 9.97 Å². The monoisotopic (exact) mass is 612 g/mol. The van der Waals surface area contributed by atoms with E-state index < -0.39 is 0 Å². The fourth-order valence-electron chi connectivity index (χ4n) is 7.77. The van der Waals surface area contributed by atoms with Gasteiger partial charge in [-0.05, 0) is 96.1 Å². The van der Waals surface area contributed by atoms with Crippen LogP contribution in [0.1, 0.15) is 97.5 Å². The summed E-state index contributed by atoms with van der Waals surface area (Å²) in [5, 5.41) is 0. The molecule has 0 atom stereocenters. The van der Waals surface area contributed by atoms with Gasteiger partial charge < -0.3 is 0 Å². The predicted molar refractivity (Wildman–Crippen MR) is 199 cm³/mol. The van der Waals surface area contributed by atoms with Crippen LogP contribution in [0.3, 0.4) is 0 Å². The van der Waals surface area contributed by atoms with Gasteiger partial charge in [-0.2, -0.15) is 0 Å². The summed E-state index contributed by atoms with van der Waals surface area (Å²) in [5.41, 5.74) is 13.5. The molecule has 0 saturated heterocycles. The molecule has 7 rings (SSSR count). The number of hydrogen-bond acceptors (Lipinski definition) is 2. The van der Waals surface area contributed by atoms with Crippen LogP contribution >= 0.6 is 0 Å². The molecule has 2 nitrogen and oxygen atoms in total. The molecule has 0 spiro atoms. The van der Waals surface area contributed by atoms with Gasteiger partial charge in [0.2, 0.25) is 0 Å². The molecular weight excluding hydrogens is 569 g/mol. The highest BCUT2D eigenvalue weighted by molar-refractivity contribution is 5.83. The molecular formula is C45H44N2. The van der Waals surface area contributed by atoms with Crippen molar-refractivity contribution in [2.45, 2.75) is 70.1 Å². The second-order valence-corrected chi connectivity index (χ2v) is 13.1. The lowest BCUT2D eigenvalue weighted by atomic mass is 9.65. The minimum Gasteiger partial charge on any atom is -0.228 e. The highest BCUT2D eigenvalue weighted by atomic mass is 14.9. The third-order valence-electron chi connectivity index (χ3n) is 10.2. The van der Waals surface area contributed by atoms with Gasteiger partial charge >= 0.3 is 0 Å². The number of rotatable bonds is 8. The highest BCUT2D eigenvalue weighted by Gasteiger charge is 2.35. The minimum atomic E-state index is 0.0194. The van der Waals surface area contributed by atoms with Crippen LogP contribution in [-0.4, -0.2) is 9.97 Å². The van der Waals surface area contributed by atoms with E-state index in [9.17, 15) is 0 Å². The zero-order valence-corrected chi connectivity index (χ0v) is 27.6. The van der Waals surface area contributed by atoms with Crippen LogP contribution in [0.25, 0.3) is 28.1 Å². The van der Waals surface area contributed by atoms with Crippen LogP contribution < -0.4 is 0 Å². The lowest BCUT2D eigenvalue weighted by Gasteiger charge is -2.39. The predicted octanol–water partition coefficient (Wildman–Crippen LogP) is 11.7. The Bertz CT molecular complexity index is 1910. The summed E-state index contributed by atoms with van der Waals surface area (Å²) in [7, 11) is 0. The van der Waals surface area contributed by atoms with E-state index in [1.54, 1.807) is 0 Å². The Kier molecular flexibility index (Phi) is 9.11. The van der Waals surface area contributed by atoms with Gasteiger partial charge in [0.25, 0.3) is 0 Å². The van der Waals surface area contributed by atoms with E-state index in [1.165, 1.54) is 65.5 Å². The molecule has 3 aliphatic rings. The molecule has 4 aromatic rings. The van der Waals surface area contributed by atoms with E-state index in [-0.39, 0.29) is 5.41 Å². The van der Waals surface area contributed by atoms with Gasteiger partial charge in [0.05, 0.1) is 11.4 Å². The van der Waals surface area contributed by atoms with Gasteiger partial charge in [0.15, 0.2) is 5.82 Å². The first-order valence-electron chi connectivity index (χ1n) is 17.4. The molecule has 1 saturated carbocycles. The van der Waals surface area contributed by atoms with E-state index in [0.29, 0.717) is 0 Å². The minimum absolute atomic E-state index is 0.0194. The summed E-state index contributed by atoms with van der Waals surface area (Å²) in [5.74, 6) is 0.756. The molecule has 3 aliphatic carbocycles. The van der Waals surface area contributed by atoms with Crippen LogP contribution in [0.4, 0.5) is 0 Å². The Labute approximate surface area is 280 Å². The van der Waals surface area contributed by atoms with Crippen LogP contribution in [0.15, 0.2) is 134 Å². The number of benzene rings is 3. The topological polar surface area (TPSA) is 25.8 Å². The van der Waals surface area contributed by atoms with E-state index in [1.807, 2.05) is 25.2 Å². The normalized spacial score (nSPS) is 17.6. The Morgan fingerprint density at radius 2 is 1.53 bits per heavy atom. The Balaban J connectivity index is 1.24. The average molecular weight is 613 g/mol. The molecule has 0 amide bonds. The molecule has 0 N–H and O–H groups in total. The average Bonchev–Trinajstić information content (AvgIpc) is 3.15. The number of aryl methyl sites for hydroxylation is 1. The van der Waals surface area contributed by atoms with Gasteiger partial charge in [-0.25, -0.2) is 9.97 Å². The third kappa shape index (κ3) is 6.30. The summed E-state index contributed by atoms with van der Waals surface area (Å²) < 4.78 is 0. The van der Waals surface area contributed by atoms with Crippen LogP contribution in [0.2, 0.25) is 0 Å². The Hall–Kier alpha value is -4.82. The van der Waals surface area contributed by atoms with Crippen molar-refractivity contribution in [2.24, 2.45) is 0 Å². The second-order valence-electron chi connectivity index (χ2n) is 13.1. The first-order chi connectivity index (χ1) is 23.2. The van der Waals surface area contributed by atoms with Gasteiger partial charge in [-0.15, -0.1) is 0 Å². The number of fused-ring (bicyclic) bond motifs is 1. The standard InChI is InChI=1S/C45H44N2/c1-3-14-35(15-4-2)42-32-43(36-17-7-5-8-18-36)47-44(46-42)37-24-28-39(29-25-37)45(30-11-6-12-31-45)38-26-22-34(23-27-38)41-21-13-19-33-16-9-10-20-40(33)41/h3-4,7,9-10,14-18,20-29,32H,1,5-6,8,11-13,19,30-31H2,2H3/b15-4-,35-14+. The smallest absolute Gasteiger partial charge is 0.160 e. The fraction of sp³-hybridized carbons (Fsp3) is 0.244. The quantitative estimate of drug-likeness (QED) is 0.185. The molecule has 0 radical (unpaired) electrons. The SMILES string of the molecule is C=C/C=C(\C=C/C)c1cc(C2=CCCC=C2)nc(-c2ccc(C3(c4ccc(C5=CCCc6ccccc65)cc4)CCCCC3)cc2)n1. The van der Waals surface area contributed by atoms with Crippen molar-refractivity contribution in [3.8, 4) is 11.4 Å². The second kappa shape index (κ2) is 13.9. The number of nitrogens with zero attached hydrogens (tertiary/aromatic N) is 2. The van der Waals surface area contributed by atoms with Crippen molar-refractivity contribution in [3.63, 3.8) is 0 Å². The lowest BCUT2D eigenvalue weighted by Crippen LogP contribution is -2.30. The summed E-state index contributed by atoms with van der Waals surface area (Å²) >= 11 is 0. The van der Waals surface area contributed by atoms with Gasteiger partial charge in [0.1, 0.15) is 0 Å². The van der Waals surface area contributed by atoms with E-state index in [2.05, 4.69) is 116 Å². The molecule has 0 unspecified atom stereocenters. The molecule has 0 bridgehead atoms. The van der Waals surface area contributed by atoms with Crippen molar-refractivity contribution in [3.05, 3.63) is 173 Å². The van der Waals surface area contributed by atoms with Crippen molar-refractivity contribution in [2.75, 3.05) is 0 Å². The van der Waals surface area contributed by atoms with Gasteiger partial charge in [-0.3, -0.25) is 0 Å². The molecule has 234 valence electrons. The highest BCUT2D eigenvalue weighted by Crippen LogP contribution is 2.46. The Morgan fingerprint density at radius 1 is 0.787 bits per heavy atom. The van der Waals surface area contributed by atoms with Gasteiger partial charge in [0, 0.05) is 11.0 Å². The zero-order valence-electron chi connectivity index (χ0n) is 27.6. The Morgan fingerprint density at radius 3 is 2.23 bits per heavy atom. The zero-order chi connectivity index (χ0) is 32.1. The summed E-state index contributed by atoms with van der Waals surface area (Å²) in [6.07, 6.45) is 27.6. The molecule has 1 fully saturated rings. The number of allylic oxidation sites excluding steroid dienone is 10.